The Morgan fingerprint density at radius 2 is 2.33 bits per heavy atom. The Kier molecular flexibility index (Phi) is 3.57. The summed E-state index contributed by atoms with van der Waals surface area (Å²) in [6, 6.07) is 6.34. The van der Waals surface area contributed by atoms with Gasteiger partial charge in [0.05, 0.1) is 18.1 Å². The molecule has 6 heteroatoms. The number of carbonyl (C=O) groups is 1. The largest absolute Gasteiger partial charge is 0.370 e. The van der Waals surface area contributed by atoms with Crippen molar-refractivity contribution in [3.05, 3.63) is 39.9 Å². The molecule has 1 aromatic rings. The first kappa shape index (κ1) is 12.5. The van der Waals surface area contributed by atoms with Crippen LogP contribution in [0.5, 0.6) is 0 Å². The van der Waals surface area contributed by atoms with Crippen molar-refractivity contribution < 1.29 is 14.5 Å². The third-order valence-corrected chi connectivity index (χ3v) is 2.96. The van der Waals surface area contributed by atoms with Gasteiger partial charge in [0.2, 0.25) is 5.91 Å². The highest BCUT2D eigenvalue weighted by Gasteiger charge is 2.24. The highest BCUT2D eigenvalue weighted by atomic mass is 16.6. The van der Waals surface area contributed by atoms with E-state index in [0.717, 1.165) is 5.56 Å². The summed E-state index contributed by atoms with van der Waals surface area (Å²) in [5, 5.41) is 10.7. The molecule has 1 atom stereocenters. The number of carbonyl (C=O) groups excluding carboxylic acids is 1. The molecule has 1 saturated heterocycles. The van der Waals surface area contributed by atoms with Gasteiger partial charge in [0.25, 0.3) is 5.69 Å². The summed E-state index contributed by atoms with van der Waals surface area (Å²) in [5.74, 6) is -0.00580. The van der Waals surface area contributed by atoms with Gasteiger partial charge < -0.3 is 9.64 Å². The summed E-state index contributed by atoms with van der Waals surface area (Å²) < 4.78 is 5.56. The first-order valence-electron chi connectivity index (χ1n) is 5.69. The molecule has 1 fully saturated rings. The van der Waals surface area contributed by atoms with E-state index in [9.17, 15) is 14.9 Å². The van der Waals surface area contributed by atoms with E-state index >= 15 is 0 Å². The minimum Gasteiger partial charge on any atom is -0.370 e. The van der Waals surface area contributed by atoms with Crippen molar-refractivity contribution in [1.82, 2.24) is 4.90 Å². The molecule has 2 rings (SSSR count). The van der Waals surface area contributed by atoms with Crippen molar-refractivity contribution in [1.29, 1.82) is 0 Å². The molecule has 0 N–H and O–H groups in total. The van der Waals surface area contributed by atoms with E-state index in [1.165, 1.54) is 19.1 Å². The average molecular weight is 250 g/mol. The maximum Gasteiger partial charge on any atom is 0.269 e. The monoisotopic (exact) mass is 250 g/mol. The van der Waals surface area contributed by atoms with Crippen LogP contribution in [0, 0.1) is 10.1 Å². The number of hydrogen-bond donors (Lipinski definition) is 0. The Balaban J connectivity index is 2.18. The zero-order chi connectivity index (χ0) is 13.1. The number of nitro groups is 1. The van der Waals surface area contributed by atoms with Crippen molar-refractivity contribution in [3.63, 3.8) is 0 Å². The summed E-state index contributed by atoms with van der Waals surface area (Å²) in [6.07, 6.45) is -0.289. The molecule has 96 valence electrons. The van der Waals surface area contributed by atoms with E-state index in [0.29, 0.717) is 19.7 Å². The van der Waals surface area contributed by atoms with Gasteiger partial charge in [0.1, 0.15) is 6.10 Å². The molecule has 1 amide bonds. The number of nitro benzene ring substituents is 1. The molecule has 6 nitrogen and oxygen atoms in total. The lowest BCUT2D eigenvalue weighted by Gasteiger charge is -2.32. The lowest BCUT2D eigenvalue weighted by molar-refractivity contribution is -0.385. The van der Waals surface area contributed by atoms with E-state index in [4.69, 9.17) is 4.74 Å². The number of rotatable bonds is 2. The lowest BCUT2D eigenvalue weighted by Crippen LogP contribution is -2.41. The van der Waals surface area contributed by atoms with Crippen LogP contribution in [-0.4, -0.2) is 35.4 Å². The van der Waals surface area contributed by atoms with Crippen LogP contribution >= 0.6 is 0 Å². The van der Waals surface area contributed by atoms with E-state index in [2.05, 4.69) is 0 Å². The fraction of sp³-hybridized carbons (Fsp3) is 0.417. The Bertz CT molecular complexity index is 475. The fourth-order valence-electron chi connectivity index (χ4n) is 1.98. The van der Waals surface area contributed by atoms with Crippen LogP contribution in [0.4, 0.5) is 5.69 Å². The van der Waals surface area contributed by atoms with Gasteiger partial charge in [-0.3, -0.25) is 14.9 Å². The van der Waals surface area contributed by atoms with Gasteiger partial charge in [-0.15, -0.1) is 0 Å². The second-order valence-corrected chi connectivity index (χ2v) is 4.18. The van der Waals surface area contributed by atoms with Crippen LogP contribution in [0.1, 0.15) is 18.6 Å². The number of amides is 1. The smallest absolute Gasteiger partial charge is 0.269 e. The van der Waals surface area contributed by atoms with Crippen molar-refractivity contribution in [2.45, 2.75) is 13.0 Å². The third-order valence-electron chi connectivity index (χ3n) is 2.96. The van der Waals surface area contributed by atoms with Gasteiger partial charge in [-0.2, -0.15) is 0 Å². The van der Waals surface area contributed by atoms with Crippen LogP contribution in [0.2, 0.25) is 0 Å². The average Bonchev–Trinajstić information content (AvgIpc) is 2.39. The first-order chi connectivity index (χ1) is 8.58. The van der Waals surface area contributed by atoms with E-state index < -0.39 is 4.92 Å². The predicted octanol–water partition coefficient (Wildman–Crippen LogP) is 1.51. The quantitative estimate of drug-likeness (QED) is 0.589. The third kappa shape index (κ3) is 2.65. The number of morpholine rings is 1. The Morgan fingerprint density at radius 1 is 1.56 bits per heavy atom. The van der Waals surface area contributed by atoms with Gasteiger partial charge in [-0.05, 0) is 5.56 Å². The minimum absolute atomic E-state index is 0.00580. The Hall–Kier alpha value is -1.95. The molecule has 0 saturated carbocycles. The number of non-ortho nitro benzene ring substituents is 1. The standard InChI is InChI=1S/C12H14N2O4/c1-9(15)13-5-6-18-12(8-13)10-3-2-4-11(7-10)14(16)17/h2-4,7,12H,5-6,8H2,1H3. The molecule has 1 unspecified atom stereocenters. The van der Waals surface area contributed by atoms with Crippen molar-refractivity contribution in [2.75, 3.05) is 19.7 Å². The highest BCUT2D eigenvalue weighted by Crippen LogP contribution is 2.25. The highest BCUT2D eigenvalue weighted by molar-refractivity contribution is 5.73. The molecule has 1 aliphatic heterocycles. The van der Waals surface area contributed by atoms with Crippen molar-refractivity contribution in [3.8, 4) is 0 Å². The molecular formula is C12H14N2O4. The van der Waals surface area contributed by atoms with Gasteiger partial charge in [-0.1, -0.05) is 12.1 Å². The molecule has 0 spiro atoms. The first-order valence-corrected chi connectivity index (χ1v) is 5.69. The summed E-state index contributed by atoms with van der Waals surface area (Å²) in [6.45, 7) is 2.97. The molecule has 1 aliphatic rings. The summed E-state index contributed by atoms with van der Waals surface area (Å²) >= 11 is 0. The SMILES string of the molecule is CC(=O)N1CCOC(c2cccc([N+](=O)[O-])c2)C1. The van der Waals surface area contributed by atoms with Crippen LogP contribution < -0.4 is 0 Å². The second-order valence-electron chi connectivity index (χ2n) is 4.18. The maximum absolute atomic E-state index is 11.3. The van der Waals surface area contributed by atoms with Crippen LogP contribution in [0.25, 0.3) is 0 Å². The number of nitrogens with zero attached hydrogens (tertiary/aromatic N) is 2. The summed E-state index contributed by atoms with van der Waals surface area (Å²) in [4.78, 5) is 23.3. The predicted molar refractivity (Wildman–Crippen MR) is 64.0 cm³/mol. The molecule has 0 aliphatic carbocycles. The molecule has 1 heterocycles. The number of benzene rings is 1. The fourth-order valence-corrected chi connectivity index (χ4v) is 1.98. The summed E-state index contributed by atoms with van der Waals surface area (Å²) in [5.41, 5.74) is 0.770. The maximum atomic E-state index is 11.3. The van der Waals surface area contributed by atoms with Crippen LogP contribution in [-0.2, 0) is 9.53 Å². The normalized spacial score (nSPS) is 19.6. The Morgan fingerprint density at radius 3 is 3.00 bits per heavy atom. The van der Waals surface area contributed by atoms with Gasteiger partial charge >= 0.3 is 0 Å². The summed E-state index contributed by atoms with van der Waals surface area (Å²) in [7, 11) is 0. The Labute approximate surface area is 104 Å². The molecule has 0 aromatic heterocycles. The zero-order valence-corrected chi connectivity index (χ0v) is 10.0. The molecule has 0 radical (unpaired) electrons. The molecule has 1 aromatic carbocycles. The molecular weight excluding hydrogens is 236 g/mol. The minimum atomic E-state index is -0.435. The zero-order valence-electron chi connectivity index (χ0n) is 10.0. The van der Waals surface area contributed by atoms with Gasteiger partial charge in [0, 0.05) is 25.6 Å². The van der Waals surface area contributed by atoms with Gasteiger partial charge in [0.15, 0.2) is 0 Å². The number of ether oxygens (including phenoxy) is 1. The topological polar surface area (TPSA) is 72.7 Å². The van der Waals surface area contributed by atoms with E-state index in [1.54, 1.807) is 17.0 Å². The van der Waals surface area contributed by atoms with Gasteiger partial charge in [-0.25, -0.2) is 0 Å². The van der Waals surface area contributed by atoms with Crippen molar-refractivity contribution >= 4 is 11.6 Å². The van der Waals surface area contributed by atoms with Crippen molar-refractivity contribution in [2.24, 2.45) is 0 Å². The van der Waals surface area contributed by atoms with Crippen LogP contribution in [0.15, 0.2) is 24.3 Å². The number of hydrogen-bond acceptors (Lipinski definition) is 4. The van der Waals surface area contributed by atoms with E-state index in [1.807, 2.05) is 0 Å². The van der Waals surface area contributed by atoms with E-state index in [-0.39, 0.29) is 17.7 Å². The molecule has 0 bridgehead atoms. The molecule has 18 heavy (non-hydrogen) atoms. The lowest BCUT2D eigenvalue weighted by atomic mass is 10.1. The van der Waals surface area contributed by atoms with Crippen LogP contribution in [0.3, 0.4) is 0 Å². The second kappa shape index (κ2) is 5.14.